The minimum atomic E-state index is -0.877. The highest BCUT2D eigenvalue weighted by Gasteiger charge is 2.39. The third-order valence-corrected chi connectivity index (χ3v) is 3.45. The summed E-state index contributed by atoms with van der Waals surface area (Å²) in [4.78, 5) is 0. The standard InChI is InChI=1S/C13H14N2/c14-9-13(10-15)8-4-3-6-11-5-1-2-7-12(11)13/h3-4,7,11H,1-2,5-6,8H2. The second kappa shape index (κ2) is 3.91. The first-order valence-electron chi connectivity index (χ1n) is 5.50. The van der Waals surface area contributed by atoms with E-state index in [1.54, 1.807) is 0 Å². The normalized spacial score (nSPS) is 27.9. The molecule has 0 aliphatic heterocycles. The maximum absolute atomic E-state index is 9.26. The van der Waals surface area contributed by atoms with E-state index in [1.807, 2.05) is 6.08 Å². The lowest BCUT2D eigenvalue weighted by molar-refractivity contribution is 0.447. The minimum absolute atomic E-state index is 0.428. The molecule has 2 heteroatoms. The molecule has 0 aromatic carbocycles. The van der Waals surface area contributed by atoms with Crippen LogP contribution in [-0.4, -0.2) is 0 Å². The van der Waals surface area contributed by atoms with E-state index >= 15 is 0 Å². The summed E-state index contributed by atoms with van der Waals surface area (Å²) in [5, 5.41) is 18.5. The maximum Gasteiger partial charge on any atom is 0.168 e. The number of hydrogen-bond acceptors (Lipinski definition) is 2. The molecular formula is C13H14N2. The number of nitrogens with zero attached hydrogens (tertiary/aromatic N) is 2. The summed E-state index contributed by atoms with van der Waals surface area (Å²) in [5.41, 5.74) is 0.210. The molecule has 0 saturated carbocycles. The van der Waals surface area contributed by atoms with Crippen LogP contribution in [0.25, 0.3) is 0 Å². The molecule has 0 N–H and O–H groups in total. The van der Waals surface area contributed by atoms with Crippen LogP contribution in [0.3, 0.4) is 0 Å². The average Bonchev–Trinajstić information content (AvgIpc) is 2.49. The fourth-order valence-electron chi connectivity index (χ4n) is 2.60. The Morgan fingerprint density at radius 3 is 2.80 bits per heavy atom. The van der Waals surface area contributed by atoms with Crippen LogP contribution in [0.15, 0.2) is 23.8 Å². The Morgan fingerprint density at radius 2 is 2.07 bits per heavy atom. The predicted octanol–water partition coefficient (Wildman–Crippen LogP) is 3.10. The number of allylic oxidation sites excluding steroid dienone is 4. The van der Waals surface area contributed by atoms with Crippen LogP contribution in [0.2, 0.25) is 0 Å². The highest BCUT2D eigenvalue weighted by atomic mass is 14.5. The summed E-state index contributed by atoms with van der Waals surface area (Å²) in [6.45, 7) is 0. The van der Waals surface area contributed by atoms with Crippen molar-refractivity contribution >= 4 is 0 Å². The van der Waals surface area contributed by atoms with Crippen LogP contribution in [0.4, 0.5) is 0 Å². The third-order valence-electron chi connectivity index (χ3n) is 3.45. The van der Waals surface area contributed by atoms with E-state index in [1.165, 1.54) is 6.42 Å². The zero-order chi connectivity index (χ0) is 10.7. The lowest BCUT2D eigenvalue weighted by Gasteiger charge is -2.29. The summed E-state index contributed by atoms with van der Waals surface area (Å²) in [6, 6.07) is 4.45. The molecule has 0 amide bonds. The molecule has 0 spiro atoms. The SMILES string of the molecule is N#CC1(C#N)CC=CCC2CCCC=C21. The second-order valence-corrected chi connectivity index (χ2v) is 4.33. The molecule has 2 aliphatic carbocycles. The predicted molar refractivity (Wildman–Crippen MR) is 57.5 cm³/mol. The van der Waals surface area contributed by atoms with Crippen LogP contribution in [0.5, 0.6) is 0 Å². The molecule has 0 fully saturated rings. The van der Waals surface area contributed by atoms with Crippen molar-refractivity contribution in [3.8, 4) is 12.1 Å². The van der Waals surface area contributed by atoms with Crippen molar-refractivity contribution in [3.05, 3.63) is 23.8 Å². The van der Waals surface area contributed by atoms with E-state index in [4.69, 9.17) is 0 Å². The van der Waals surface area contributed by atoms with Gasteiger partial charge in [0.15, 0.2) is 5.41 Å². The summed E-state index contributed by atoms with van der Waals surface area (Å²) in [6.07, 6.45) is 11.1. The molecular weight excluding hydrogens is 184 g/mol. The number of fused-ring (bicyclic) bond motifs is 1. The number of hydrogen-bond donors (Lipinski definition) is 0. The van der Waals surface area contributed by atoms with Crippen molar-refractivity contribution in [1.82, 2.24) is 0 Å². The van der Waals surface area contributed by atoms with Crippen molar-refractivity contribution in [2.75, 3.05) is 0 Å². The van der Waals surface area contributed by atoms with E-state index in [2.05, 4.69) is 24.3 Å². The number of nitriles is 2. The van der Waals surface area contributed by atoms with E-state index in [0.717, 1.165) is 24.8 Å². The second-order valence-electron chi connectivity index (χ2n) is 4.33. The molecule has 76 valence electrons. The summed E-state index contributed by atoms with van der Waals surface area (Å²) in [7, 11) is 0. The first-order valence-corrected chi connectivity index (χ1v) is 5.50. The molecule has 1 unspecified atom stereocenters. The van der Waals surface area contributed by atoms with E-state index < -0.39 is 5.41 Å². The van der Waals surface area contributed by atoms with Gasteiger partial charge in [0, 0.05) is 6.42 Å². The van der Waals surface area contributed by atoms with E-state index in [-0.39, 0.29) is 0 Å². The Hall–Kier alpha value is -1.54. The van der Waals surface area contributed by atoms with Gasteiger partial charge in [-0.1, -0.05) is 18.2 Å². The quantitative estimate of drug-likeness (QED) is 0.561. The summed E-state index contributed by atoms with van der Waals surface area (Å²) >= 11 is 0. The highest BCUT2D eigenvalue weighted by Crippen LogP contribution is 2.43. The van der Waals surface area contributed by atoms with Crippen LogP contribution >= 0.6 is 0 Å². The maximum atomic E-state index is 9.26. The van der Waals surface area contributed by atoms with Gasteiger partial charge in [-0.15, -0.1) is 0 Å². The molecule has 0 saturated heterocycles. The smallest absolute Gasteiger partial charge is 0.168 e. The summed E-state index contributed by atoms with van der Waals surface area (Å²) in [5.74, 6) is 0.428. The van der Waals surface area contributed by atoms with Crippen molar-refractivity contribution < 1.29 is 0 Å². The molecule has 2 aliphatic rings. The molecule has 0 aromatic rings. The molecule has 0 radical (unpaired) electrons. The van der Waals surface area contributed by atoms with Gasteiger partial charge in [-0.05, 0) is 37.2 Å². The van der Waals surface area contributed by atoms with Gasteiger partial charge in [0.25, 0.3) is 0 Å². The van der Waals surface area contributed by atoms with Gasteiger partial charge in [-0.25, -0.2) is 0 Å². The van der Waals surface area contributed by atoms with Crippen molar-refractivity contribution in [3.63, 3.8) is 0 Å². The Kier molecular flexibility index (Phi) is 2.60. The van der Waals surface area contributed by atoms with Gasteiger partial charge in [0.2, 0.25) is 0 Å². The molecule has 1 atom stereocenters. The molecule has 0 heterocycles. The first-order chi connectivity index (χ1) is 7.32. The van der Waals surface area contributed by atoms with Gasteiger partial charge < -0.3 is 0 Å². The zero-order valence-corrected chi connectivity index (χ0v) is 8.74. The molecule has 2 nitrogen and oxygen atoms in total. The molecule has 0 aromatic heterocycles. The minimum Gasteiger partial charge on any atom is -0.196 e. The lowest BCUT2D eigenvalue weighted by atomic mass is 9.71. The van der Waals surface area contributed by atoms with Gasteiger partial charge >= 0.3 is 0 Å². The van der Waals surface area contributed by atoms with Gasteiger partial charge in [0.05, 0.1) is 12.1 Å². The fraction of sp³-hybridized carbons (Fsp3) is 0.538. The van der Waals surface area contributed by atoms with Crippen molar-refractivity contribution in [1.29, 1.82) is 10.5 Å². The Morgan fingerprint density at radius 1 is 1.27 bits per heavy atom. The first kappa shape index (κ1) is 9.99. The van der Waals surface area contributed by atoms with Crippen molar-refractivity contribution in [2.45, 2.75) is 32.1 Å². The lowest BCUT2D eigenvalue weighted by Crippen LogP contribution is -2.24. The average molecular weight is 198 g/mol. The van der Waals surface area contributed by atoms with Crippen LogP contribution in [0, 0.1) is 34.0 Å². The zero-order valence-electron chi connectivity index (χ0n) is 8.74. The van der Waals surface area contributed by atoms with Crippen LogP contribution in [0.1, 0.15) is 32.1 Å². The topological polar surface area (TPSA) is 47.6 Å². The number of rotatable bonds is 0. The van der Waals surface area contributed by atoms with Crippen molar-refractivity contribution in [2.24, 2.45) is 11.3 Å². The Bertz CT molecular complexity index is 376. The Balaban J connectivity index is 2.46. The monoisotopic (exact) mass is 198 g/mol. The summed E-state index contributed by atoms with van der Waals surface area (Å²) < 4.78 is 0. The van der Waals surface area contributed by atoms with Gasteiger partial charge in [0.1, 0.15) is 0 Å². The van der Waals surface area contributed by atoms with E-state index in [0.29, 0.717) is 12.3 Å². The molecule has 15 heavy (non-hydrogen) atoms. The molecule has 2 rings (SSSR count). The largest absolute Gasteiger partial charge is 0.196 e. The van der Waals surface area contributed by atoms with Gasteiger partial charge in [-0.3, -0.25) is 0 Å². The van der Waals surface area contributed by atoms with Gasteiger partial charge in [-0.2, -0.15) is 10.5 Å². The van der Waals surface area contributed by atoms with Crippen LogP contribution < -0.4 is 0 Å². The highest BCUT2D eigenvalue weighted by molar-refractivity contribution is 5.38. The fourth-order valence-corrected chi connectivity index (χ4v) is 2.60. The molecule has 0 bridgehead atoms. The Labute approximate surface area is 90.5 Å². The van der Waals surface area contributed by atoms with E-state index in [9.17, 15) is 10.5 Å². The third kappa shape index (κ3) is 1.57. The van der Waals surface area contributed by atoms with Crippen LogP contribution in [-0.2, 0) is 0 Å².